The molecule has 180 valence electrons. The van der Waals surface area contributed by atoms with Gasteiger partial charge in [-0.05, 0) is 42.7 Å². The number of halogens is 4. The fourth-order valence-electron chi connectivity index (χ4n) is 4.41. The third kappa shape index (κ3) is 4.44. The summed E-state index contributed by atoms with van der Waals surface area (Å²) in [7, 11) is 1.53. The van der Waals surface area contributed by atoms with Crippen LogP contribution in [-0.4, -0.2) is 22.3 Å². The summed E-state index contributed by atoms with van der Waals surface area (Å²) in [5.74, 6) is 0.208. The second kappa shape index (κ2) is 9.43. The molecule has 1 aliphatic carbocycles. The van der Waals surface area contributed by atoms with Crippen molar-refractivity contribution >= 4 is 17.3 Å². The maximum absolute atomic E-state index is 13.4. The Morgan fingerprint density at radius 1 is 1.21 bits per heavy atom. The molecule has 2 aromatic carbocycles. The lowest BCUT2D eigenvalue weighted by Crippen LogP contribution is -2.31. The number of nitrogens with one attached hydrogen (secondary N) is 1. The Morgan fingerprint density at radius 3 is 2.59 bits per heavy atom. The first-order valence-electron chi connectivity index (χ1n) is 11.1. The number of ether oxygens (including phenoxy) is 1. The van der Waals surface area contributed by atoms with E-state index in [2.05, 4.69) is 16.4 Å². The summed E-state index contributed by atoms with van der Waals surface area (Å²) in [6.07, 6.45) is -3.48. The Bertz CT molecular complexity index is 1270. The van der Waals surface area contributed by atoms with Crippen molar-refractivity contribution in [2.45, 2.75) is 45.0 Å². The minimum Gasteiger partial charge on any atom is -0.376 e. The van der Waals surface area contributed by atoms with Gasteiger partial charge in [0.25, 0.3) is 5.56 Å². The summed E-state index contributed by atoms with van der Waals surface area (Å²) >= 11 is 6.19. The zero-order valence-corrected chi connectivity index (χ0v) is 19.8. The maximum Gasteiger partial charge on any atom is 0.416 e. The normalized spacial score (nSPS) is 17.6. The van der Waals surface area contributed by atoms with E-state index >= 15 is 0 Å². The van der Waals surface area contributed by atoms with Crippen molar-refractivity contribution < 1.29 is 17.9 Å². The van der Waals surface area contributed by atoms with Gasteiger partial charge in [0.1, 0.15) is 11.5 Å². The van der Waals surface area contributed by atoms with Gasteiger partial charge in [-0.3, -0.25) is 9.36 Å². The minimum absolute atomic E-state index is 0.124. The van der Waals surface area contributed by atoms with Crippen molar-refractivity contribution in [3.63, 3.8) is 0 Å². The highest BCUT2D eigenvalue weighted by molar-refractivity contribution is 6.33. The standard InChI is InChI=1S/C25H25ClF3N3O2/c1-4-19-22(31-21-16-9-7-6-8-14(16)12-20(21)34-5-2)24(33)32(3)23(30-19)17-11-10-15(13-18(17)26)25(27,28)29/h6-11,13,20-21,31H,4-5,12H2,1-3H3/t20-,21?/m0/s1. The molecule has 1 unspecified atom stereocenters. The Balaban J connectivity index is 1.77. The van der Waals surface area contributed by atoms with Gasteiger partial charge in [0.15, 0.2) is 0 Å². The lowest BCUT2D eigenvalue weighted by Gasteiger charge is -2.24. The molecule has 0 bridgehead atoms. The van der Waals surface area contributed by atoms with Gasteiger partial charge in [0.05, 0.1) is 28.4 Å². The second-order valence-corrected chi connectivity index (χ2v) is 8.59. The summed E-state index contributed by atoms with van der Waals surface area (Å²) < 4.78 is 46.4. The van der Waals surface area contributed by atoms with Crippen LogP contribution in [0.2, 0.25) is 5.02 Å². The first-order chi connectivity index (χ1) is 16.2. The zero-order valence-electron chi connectivity index (χ0n) is 19.0. The molecule has 4 rings (SSSR count). The van der Waals surface area contributed by atoms with E-state index in [0.717, 1.165) is 29.7 Å². The summed E-state index contributed by atoms with van der Waals surface area (Å²) in [6, 6.07) is 10.8. The first-order valence-corrected chi connectivity index (χ1v) is 11.5. The molecular weight excluding hydrogens is 467 g/mol. The van der Waals surface area contributed by atoms with Crippen molar-refractivity contribution in [3.05, 3.63) is 80.2 Å². The first kappa shape index (κ1) is 24.3. The molecule has 0 fully saturated rings. The average molecular weight is 492 g/mol. The van der Waals surface area contributed by atoms with Crippen molar-refractivity contribution in [2.24, 2.45) is 7.05 Å². The number of rotatable bonds is 6. The summed E-state index contributed by atoms with van der Waals surface area (Å²) in [6.45, 7) is 4.34. The number of aromatic nitrogens is 2. The van der Waals surface area contributed by atoms with Crippen LogP contribution in [0.15, 0.2) is 47.3 Å². The van der Waals surface area contributed by atoms with Crippen molar-refractivity contribution in [2.75, 3.05) is 11.9 Å². The molecule has 0 saturated carbocycles. The Morgan fingerprint density at radius 2 is 1.94 bits per heavy atom. The van der Waals surface area contributed by atoms with Gasteiger partial charge < -0.3 is 10.1 Å². The van der Waals surface area contributed by atoms with E-state index < -0.39 is 11.7 Å². The highest BCUT2D eigenvalue weighted by Gasteiger charge is 2.34. The van der Waals surface area contributed by atoms with E-state index in [1.54, 1.807) is 0 Å². The monoisotopic (exact) mass is 491 g/mol. The quantitative estimate of drug-likeness (QED) is 0.473. The number of nitrogens with zero attached hydrogens (tertiary/aromatic N) is 2. The number of anilines is 1. The summed E-state index contributed by atoms with van der Waals surface area (Å²) in [5, 5.41) is 3.26. The number of aryl methyl sites for hydroxylation is 1. The molecular formula is C25H25ClF3N3O2. The number of hydrogen-bond acceptors (Lipinski definition) is 4. The molecule has 1 aliphatic rings. The van der Waals surface area contributed by atoms with Gasteiger partial charge >= 0.3 is 6.18 Å². The van der Waals surface area contributed by atoms with E-state index in [-0.39, 0.29) is 34.1 Å². The van der Waals surface area contributed by atoms with E-state index in [1.165, 1.54) is 17.7 Å². The van der Waals surface area contributed by atoms with Gasteiger partial charge in [-0.1, -0.05) is 42.8 Å². The zero-order chi connectivity index (χ0) is 24.6. The van der Waals surface area contributed by atoms with Crippen LogP contribution in [0.5, 0.6) is 0 Å². The molecule has 34 heavy (non-hydrogen) atoms. The van der Waals surface area contributed by atoms with Crippen LogP contribution >= 0.6 is 11.6 Å². The number of alkyl halides is 3. The minimum atomic E-state index is -4.52. The van der Waals surface area contributed by atoms with Gasteiger partial charge in [-0.2, -0.15) is 13.2 Å². The van der Waals surface area contributed by atoms with Gasteiger partial charge in [-0.15, -0.1) is 0 Å². The molecule has 2 atom stereocenters. The van der Waals surface area contributed by atoms with Crippen LogP contribution in [-0.2, 0) is 30.8 Å². The second-order valence-electron chi connectivity index (χ2n) is 8.19. The predicted molar refractivity (Wildman–Crippen MR) is 126 cm³/mol. The number of hydrogen-bond donors (Lipinski definition) is 1. The molecule has 0 radical (unpaired) electrons. The van der Waals surface area contributed by atoms with Crippen LogP contribution in [0.4, 0.5) is 18.9 Å². The third-order valence-electron chi connectivity index (χ3n) is 6.10. The Hall–Kier alpha value is -2.84. The van der Waals surface area contributed by atoms with Gasteiger partial charge in [-0.25, -0.2) is 4.98 Å². The Labute approximate surface area is 200 Å². The van der Waals surface area contributed by atoms with Crippen LogP contribution in [0, 0.1) is 0 Å². The van der Waals surface area contributed by atoms with E-state index in [1.807, 2.05) is 32.0 Å². The SMILES string of the molecule is CCO[C@H]1Cc2ccccc2C1Nc1c(CC)nc(-c2ccc(C(F)(F)F)cc2Cl)n(C)c1=O. The molecule has 0 amide bonds. The van der Waals surface area contributed by atoms with E-state index in [9.17, 15) is 18.0 Å². The maximum atomic E-state index is 13.4. The fourth-order valence-corrected chi connectivity index (χ4v) is 4.68. The van der Waals surface area contributed by atoms with Crippen LogP contribution in [0.3, 0.4) is 0 Å². The smallest absolute Gasteiger partial charge is 0.376 e. The highest BCUT2D eigenvalue weighted by Crippen LogP contribution is 2.37. The summed E-state index contributed by atoms with van der Waals surface area (Å²) in [5.41, 5.74) is 2.15. The topological polar surface area (TPSA) is 56.1 Å². The Kier molecular flexibility index (Phi) is 6.73. The van der Waals surface area contributed by atoms with Gasteiger partial charge in [0, 0.05) is 25.6 Å². The molecule has 0 saturated heterocycles. The molecule has 9 heteroatoms. The van der Waals surface area contributed by atoms with Crippen LogP contribution < -0.4 is 10.9 Å². The van der Waals surface area contributed by atoms with Crippen molar-refractivity contribution in [1.82, 2.24) is 9.55 Å². The predicted octanol–water partition coefficient (Wildman–Crippen LogP) is 5.80. The lowest BCUT2D eigenvalue weighted by atomic mass is 10.1. The fraction of sp³-hybridized carbons (Fsp3) is 0.360. The molecule has 0 spiro atoms. The molecule has 5 nitrogen and oxygen atoms in total. The van der Waals surface area contributed by atoms with E-state index in [0.29, 0.717) is 24.4 Å². The molecule has 1 aromatic heterocycles. The van der Waals surface area contributed by atoms with E-state index in [4.69, 9.17) is 16.3 Å². The van der Waals surface area contributed by atoms with Crippen molar-refractivity contribution in [3.8, 4) is 11.4 Å². The highest BCUT2D eigenvalue weighted by atomic mass is 35.5. The third-order valence-corrected chi connectivity index (χ3v) is 6.41. The van der Waals surface area contributed by atoms with Crippen LogP contribution in [0.25, 0.3) is 11.4 Å². The summed E-state index contributed by atoms with van der Waals surface area (Å²) in [4.78, 5) is 18.1. The molecule has 3 aromatic rings. The van der Waals surface area contributed by atoms with Crippen LogP contribution in [0.1, 0.15) is 42.3 Å². The molecule has 0 aliphatic heterocycles. The molecule has 1 heterocycles. The molecule has 1 N–H and O–H groups in total. The van der Waals surface area contributed by atoms with Gasteiger partial charge in [0.2, 0.25) is 0 Å². The lowest BCUT2D eigenvalue weighted by molar-refractivity contribution is -0.137. The average Bonchev–Trinajstić information content (AvgIpc) is 3.14. The number of benzene rings is 2. The largest absolute Gasteiger partial charge is 0.416 e. The van der Waals surface area contributed by atoms with Crippen molar-refractivity contribution in [1.29, 1.82) is 0 Å². The number of fused-ring (bicyclic) bond motifs is 1.